The van der Waals surface area contributed by atoms with E-state index in [1.807, 2.05) is 0 Å². The van der Waals surface area contributed by atoms with Gasteiger partial charge < -0.3 is 5.73 Å². The fourth-order valence-corrected chi connectivity index (χ4v) is 1.51. The van der Waals surface area contributed by atoms with Gasteiger partial charge in [-0.25, -0.2) is 13.6 Å². The Morgan fingerprint density at radius 2 is 2.08 bits per heavy atom. The summed E-state index contributed by atoms with van der Waals surface area (Å²) in [5.74, 6) is 1.10. The maximum absolute atomic E-state index is 10.5. The third-order valence-corrected chi connectivity index (χ3v) is 2.73. The SMILES string of the molecule is NC(=NCCCS(N)(=O)=O)C1CC1. The minimum Gasteiger partial charge on any atom is -0.387 e. The molecule has 0 bridgehead atoms. The fraction of sp³-hybridized carbons (Fsp3) is 0.857. The first-order valence-corrected chi connectivity index (χ1v) is 6.01. The molecule has 5 nitrogen and oxygen atoms in total. The lowest BCUT2D eigenvalue weighted by molar-refractivity contribution is 0.595. The second-order valence-electron chi connectivity index (χ2n) is 3.30. The van der Waals surface area contributed by atoms with Crippen LogP contribution in [0, 0.1) is 5.92 Å². The Hall–Kier alpha value is -0.620. The van der Waals surface area contributed by atoms with Crippen molar-refractivity contribution < 1.29 is 8.42 Å². The summed E-state index contributed by atoms with van der Waals surface area (Å²) in [5, 5.41) is 4.82. The predicted octanol–water partition coefficient (Wildman–Crippen LogP) is -0.568. The van der Waals surface area contributed by atoms with E-state index in [0.29, 0.717) is 24.7 Å². The van der Waals surface area contributed by atoms with Gasteiger partial charge in [0.15, 0.2) is 0 Å². The summed E-state index contributed by atoms with van der Waals surface area (Å²) in [6, 6.07) is 0. The lowest BCUT2D eigenvalue weighted by Crippen LogP contribution is -2.18. The normalized spacial score (nSPS) is 19.0. The Kier molecular flexibility index (Phi) is 3.27. The van der Waals surface area contributed by atoms with Crippen molar-refractivity contribution >= 4 is 15.9 Å². The van der Waals surface area contributed by atoms with E-state index in [1.54, 1.807) is 0 Å². The van der Waals surface area contributed by atoms with E-state index in [1.165, 1.54) is 0 Å². The first-order valence-electron chi connectivity index (χ1n) is 4.29. The smallest absolute Gasteiger partial charge is 0.209 e. The van der Waals surface area contributed by atoms with Gasteiger partial charge in [0.2, 0.25) is 10.0 Å². The van der Waals surface area contributed by atoms with Crippen molar-refractivity contribution in [1.29, 1.82) is 0 Å². The predicted molar refractivity (Wildman–Crippen MR) is 51.8 cm³/mol. The minimum absolute atomic E-state index is 0.0194. The Balaban J connectivity index is 2.16. The molecule has 1 fully saturated rings. The molecule has 0 aromatic carbocycles. The van der Waals surface area contributed by atoms with Gasteiger partial charge >= 0.3 is 0 Å². The summed E-state index contributed by atoms with van der Waals surface area (Å²) >= 11 is 0. The summed E-state index contributed by atoms with van der Waals surface area (Å²) in [7, 11) is -3.34. The van der Waals surface area contributed by atoms with E-state index in [0.717, 1.165) is 12.8 Å². The molecule has 0 radical (unpaired) electrons. The van der Waals surface area contributed by atoms with Crippen molar-refractivity contribution in [3.05, 3.63) is 0 Å². The second-order valence-corrected chi connectivity index (χ2v) is 5.04. The van der Waals surface area contributed by atoms with Gasteiger partial charge in [0.25, 0.3) is 0 Å². The van der Waals surface area contributed by atoms with Gasteiger partial charge in [0, 0.05) is 12.5 Å². The number of rotatable bonds is 5. The highest BCUT2D eigenvalue weighted by molar-refractivity contribution is 7.89. The van der Waals surface area contributed by atoms with E-state index in [9.17, 15) is 8.42 Å². The molecule has 1 aliphatic carbocycles. The third kappa shape index (κ3) is 4.84. The summed E-state index contributed by atoms with van der Waals surface area (Å²) in [5.41, 5.74) is 5.60. The molecule has 0 atom stereocenters. The van der Waals surface area contributed by atoms with Crippen LogP contribution in [0.25, 0.3) is 0 Å². The van der Waals surface area contributed by atoms with Gasteiger partial charge in [-0.15, -0.1) is 0 Å². The van der Waals surface area contributed by atoms with Crippen LogP contribution in [0.2, 0.25) is 0 Å². The van der Waals surface area contributed by atoms with Crippen LogP contribution >= 0.6 is 0 Å². The quantitative estimate of drug-likeness (QED) is 0.357. The molecule has 0 aliphatic heterocycles. The number of nitrogens with zero attached hydrogens (tertiary/aromatic N) is 1. The number of aliphatic imine (C=N–C) groups is 1. The molecule has 1 saturated carbocycles. The maximum Gasteiger partial charge on any atom is 0.209 e. The number of nitrogens with two attached hydrogens (primary N) is 2. The highest BCUT2D eigenvalue weighted by Gasteiger charge is 2.24. The number of primary sulfonamides is 1. The van der Waals surface area contributed by atoms with Crippen LogP contribution in [0.1, 0.15) is 19.3 Å². The zero-order chi connectivity index (χ0) is 9.90. The first kappa shape index (κ1) is 10.5. The molecular weight excluding hydrogens is 190 g/mol. The molecule has 0 heterocycles. The standard InChI is InChI=1S/C7H15N3O2S/c8-7(6-2-3-6)10-4-1-5-13(9,11)12/h6H,1-5H2,(H2,8,10)(H2,9,11,12). The molecule has 0 aromatic heterocycles. The van der Waals surface area contributed by atoms with Gasteiger partial charge in [0.05, 0.1) is 11.6 Å². The molecule has 6 heteroatoms. The Morgan fingerprint density at radius 3 is 2.54 bits per heavy atom. The molecule has 0 amide bonds. The topological polar surface area (TPSA) is 98.5 Å². The van der Waals surface area contributed by atoms with E-state index < -0.39 is 10.0 Å². The van der Waals surface area contributed by atoms with E-state index in [2.05, 4.69) is 4.99 Å². The van der Waals surface area contributed by atoms with E-state index in [-0.39, 0.29) is 5.75 Å². The van der Waals surface area contributed by atoms with Crippen LogP contribution in [-0.4, -0.2) is 26.6 Å². The number of hydrogen-bond donors (Lipinski definition) is 2. The lowest BCUT2D eigenvalue weighted by Gasteiger charge is -1.97. The van der Waals surface area contributed by atoms with Crippen LogP contribution in [0.5, 0.6) is 0 Å². The van der Waals surface area contributed by atoms with Gasteiger partial charge in [-0.1, -0.05) is 0 Å². The molecular formula is C7H15N3O2S. The molecule has 0 saturated heterocycles. The number of sulfonamides is 1. The zero-order valence-electron chi connectivity index (χ0n) is 7.44. The van der Waals surface area contributed by atoms with Crippen molar-refractivity contribution in [3.63, 3.8) is 0 Å². The maximum atomic E-state index is 10.5. The van der Waals surface area contributed by atoms with Crippen molar-refractivity contribution in [3.8, 4) is 0 Å². The van der Waals surface area contributed by atoms with E-state index in [4.69, 9.17) is 10.9 Å². The highest BCUT2D eigenvalue weighted by atomic mass is 32.2. The monoisotopic (exact) mass is 205 g/mol. The van der Waals surface area contributed by atoms with E-state index >= 15 is 0 Å². The van der Waals surface area contributed by atoms with Gasteiger partial charge in [-0.3, -0.25) is 4.99 Å². The highest BCUT2D eigenvalue weighted by Crippen LogP contribution is 2.28. The third-order valence-electron chi connectivity index (χ3n) is 1.88. The lowest BCUT2D eigenvalue weighted by atomic mass is 10.4. The molecule has 0 spiro atoms. The van der Waals surface area contributed by atoms with Crippen molar-refractivity contribution in [2.24, 2.45) is 21.8 Å². The van der Waals surface area contributed by atoms with Crippen LogP contribution in [0.15, 0.2) is 4.99 Å². The molecule has 0 unspecified atom stereocenters. The molecule has 76 valence electrons. The second kappa shape index (κ2) is 4.06. The summed E-state index contributed by atoms with van der Waals surface area (Å²) in [6.45, 7) is 0.457. The van der Waals surface area contributed by atoms with Crippen LogP contribution in [-0.2, 0) is 10.0 Å². The van der Waals surface area contributed by atoms with Crippen LogP contribution in [0.3, 0.4) is 0 Å². The Labute approximate surface area is 78.3 Å². The molecule has 4 N–H and O–H groups in total. The fourth-order valence-electron chi connectivity index (χ4n) is 0.982. The number of amidine groups is 1. The Bertz CT molecular complexity index is 293. The summed E-state index contributed by atoms with van der Waals surface area (Å²) in [6.07, 6.45) is 2.68. The van der Waals surface area contributed by atoms with Gasteiger partial charge in [-0.2, -0.15) is 0 Å². The zero-order valence-corrected chi connectivity index (χ0v) is 8.26. The van der Waals surface area contributed by atoms with Crippen LogP contribution in [0.4, 0.5) is 0 Å². The van der Waals surface area contributed by atoms with Gasteiger partial charge in [0.1, 0.15) is 0 Å². The number of hydrogen-bond acceptors (Lipinski definition) is 3. The average molecular weight is 205 g/mol. The minimum atomic E-state index is -3.34. The van der Waals surface area contributed by atoms with Crippen molar-refractivity contribution in [2.75, 3.05) is 12.3 Å². The van der Waals surface area contributed by atoms with Crippen molar-refractivity contribution in [1.82, 2.24) is 0 Å². The summed E-state index contributed by atoms with van der Waals surface area (Å²) < 4.78 is 21.0. The Morgan fingerprint density at radius 1 is 1.46 bits per heavy atom. The molecule has 13 heavy (non-hydrogen) atoms. The molecule has 1 aliphatic rings. The molecule has 1 rings (SSSR count). The first-order chi connectivity index (χ1) is 5.99. The van der Waals surface area contributed by atoms with Crippen LogP contribution < -0.4 is 10.9 Å². The average Bonchev–Trinajstić information content (AvgIpc) is 2.77. The largest absolute Gasteiger partial charge is 0.387 e. The van der Waals surface area contributed by atoms with Crippen molar-refractivity contribution in [2.45, 2.75) is 19.3 Å². The molecule has 0 aromatic rings. The summed E-state index contributed by atoms with van der Waals surface area (Å²) in [4.78, 5) is 4.06. The van der Waals surface area contributed by atoms with Gasteiger partial charge in [-0.05, 0) is 19.3 Å².